The molecule has 0 radical (unpaired) electrons. The molecule has 0 aliphatic carbocycles. The molecular weight excluding hydrogens is 403 g/mol. The molecule has 3 aromatic heterocycles. The minimum Gasteiger partial charge on any atom is -0.262 e. The van der Waals surface area contributed by atoms with Crippen molar-refractivity contribution in [1.29, 1.82) is 0 Å². The Morgan fingerprint density at radius 1 is 0.967 bits per heavy atom. The summed E-state index contributed by atoms with van der Waals surface area (Å²) in [7, 11) is 0. The van der Waals surface area contributed by atoms with E-state index in [2.05, 4.69) is 15.1 Å². The summed E-state index contributed by atoms with van der Waals surface area (Å²) in [5.74, 6) is 0. The van der Waals surface area contributed by atoms with Crippen molar-refractivity contribution >= 4 is 5.65 Å². The largest absolute Gasteiger partial charge is 0.416 e. The molecule has 0 amide bonds. The average molecular weight is 418 g/mol. The zero-order valence-electron chi connectivity index (χ0n) is 15.9. The van der Waals surface area contributed by atoms with Crippen LogP contribution in [0.5, 0.6) is 0 Å². The Bertz CT molecular complexity index is 1240. The van der Waals surface area contributed by atoms with Crippen LogP contribution in [0.1, 0.15) is 28.9 Å². The van der Waals surface area contributed by atoms with Gasteiger partial charge in [-0.05, 0) is 55.3 Å². The van der Waals surface area contributed by atoms with Crippen LogP contribution in [0.15, 0.2) is 48.8 Å². The van der Waals surface area contributed by atoms with Crippen LogP contribution in [0.25, 0.3) is 28.0 Å². The number of hydrogen-bond acceptors (Lipinski definition) is 3. The maximum atomic E-state index is 13.7. The van der Waals surface area contributed by atoms with E-state index in [0.717, 1.165) is 22.3 Å². The number of aryl methyl sites for hydroxylation is 2. The third-order valence-electron chi connectivity index (χ3n) is 4.76. The molecule has 0 saturated carbocycles. The number of hydrogen-bond donors (Lipinski definition) is 0. The Morgan fingerprint density at radius 2 is 1.73 bits per heavy atom. The number of halogens is 5. The normalized spacial score (nSPS) is 12.1. The first-order valence-electron chi connectivity index (χ1n) is 8.93. The second-order valence-corrected chi connectivity index (χ2v) is 6.87. The van der Waals surface area contributed by atoms with Crippen molar-refractivity contribution in [2.24, 2.45) is 0 Å². The molecule has 4 aromatic rings. The highest BCUT2D eigenvalue weighted by molar-refractivity contribution is 5.79. The second-order valence-electron chi connectivity index (χ2n) is 6.87. The first-order chi connectivity index (χ1) is 14.1. The Morgan fingerprint density at radius 3 is 2.37 bits per heavy atom. The van der Waals surface area contributed by atoms with Crippen molar-refractivity contribution < 1.29 is 22.0 Å². The molecule has 0 saturated heterocycles. The number of rotatable bonds is 3. The highest BCUT2D eigenvalue weighted by Gasteiger charge is 2.32. The summed E-state index contributed by atoms with van der Waals surface area (Å²) >= 11 is 0. The predicted octanol–water partition coefficient (Wildman–Crippen LogP) is 6.03. The van der Waals surface area contributed by atoms with Crippen LogP contribution in [0.2, 0.25) is 0 Å². The van der Waals surface area contributed by atoms with Crippen LogP contribution in [0, 0.1) is 13.8 Å². The van der Waals surface area contributed by atoms with Crippen LogP contribution < -0.4 is 0 Å². The van der Waals surface area contributed by atoms with Crippen molar-refractivity contribution in [2.45, 2.75) is 26.4 Å². The molecule has 0 fully saturated rings. The van der Waals surface area contributed by atoms with E-state index in [1.807, 2.05) is 0 Å². The minimum absolute atomic E-state index is 0.0150. The molecule has 4 rings (SSSR count). The Labute approximate surface area is 168 Å². The number of alkyl halides is 5. The first-order valence-corrected chi connectivity index (χ1v) is 8.93. The molecule has 0 atom stereocenters. The molecule has 154 valence electrons. The van der Waals surface area contributed by atoms with Gasteiger partial charge in [-0.15, -0.1) is 0 Å². The van der Waals surface area contributed by atoms with Crippen molar-refractivity contribution in [3.05, 3.63) is 71.3 Å². The minimum atomic E-state index is -4.49. The van der Waals surface area contributed by atoms with E-state index in [-0.39, 0.29) is 16.9 Å². The molecule has 0 unspecified atom stereocenters. The number of aromatic nitrogens is 4. The van der Waals surface area contributed by atoms with E-state index in [0.29, 0.717) is 16.7 Å². The van der Waals surface area contributed by atoms with Crippen molar-refractivity contribution in [3.8, 4) is 22.4 Å². The van der Waals surface area contributed by atoms with Crippen LogP contribution in [-0.2, 0) is 6.18 Å². The third-order valence-corrected chi connectivity index (χ3v) is 4.76. The molecule has 0 spiro atoms. The summed E-state index contributed by atoms with van der Waals surface area (Å²) in [4.78, 5) is 8.57. The molecule has 0 aliphatic rings. The van der Waals surface area contributed by atoms with Gasteiger partial charge in [-0.1, -0.05) is 6.07 Å². The van der Waals surface area contributed by atoms with E-state index >= 15 is 0 Å². The fraction of sp³-hybridized carbons (Fsp3) is 0.190. The monoisotopic (exact) mass is 418 g/mol. The Hall–Kier alpha value is -3.36. The molecule has 9 heteroatoms. The van der Waals surface area contributed by atoms with E-state index in [4.69, 9.17) is 0 Å². The van der Waals surface area contributed by atoms with Gasteiger partial charge in [-0.2, -0.15) is 18.3 Å². The molecule has 30 heavy (non-hydrogen) atoms. The van der Waals surface area contributed by atoms with E-state index < -0.39 is 23.9 Å². The van der Waals surface area contributed by atoms with Gasteiger partial charge in [0.15, 0.2) is 5.65 Å². The van der Waals surface area contributed by atoms with Gasteiger partial charge in [0.1, 0.15) is 5.69 Å². The molecule has 3 heterocycles. The molecule has 1 aromatic carbocycles. The summed E-state index contributed by atoms with van der Waals surface area (Å²) in [6.45, 7) is 3.12. The fourth-order valence-electron chi connectivity index (χ4n) is 3.35. The maximum Gasteiger partial charge on any atom is 0.416 e. The summed E-state index contributed by atoms with van der Waals surface area (Å²) in [5, 5.41) is 4.05. The van der Waals surface area contributed by atoms with Gasteiger partial charge >= 0.3 is 6.18 Å². The Kier molecular flexibility index (Phi) is 4.76. The fourth-order valence-corrected chi connectivity index (χ4v) is 3.35. The summed E-state index contributed by atoms with van der Waals surface area (Å²) in [6, 6.07) is 8.09. The average Bonchev–Trinajstić information content (AvgIpc) is 3.10. The van der Waals surface area contributed by atoms with Gasteiger partial charge in [0.05, 0.1) is 17.5 Å². The molecule has 0 bridgehead atoms. The van der Waals surface area contributed by atoms with E-state index in [1.165, 1.54) is 25.3 Å². The topological polar surface area (TPSA) is 43.1 Å². The number of benzene rings is 1. The lowest BCUT2D eigenvalue weighted by molar-refractivity contribution is -0.138. The standard InChI is InChI=1S/C21H15F5N4/c1-11-7-14(3-4-16(11)21(24,25)26)17-9-18(19(22)23)30-20(29-17)15(10-28-30)13-5-6-27-12(2)8-13/h3-10,19H,1-2H3. The quantitative estimate of drug-likeness (QED) is 0.382. The lowest BCUT2D eigenvalue weighted by atomic mass is 10.0. The lowest BCUT2D eigenvalue weighted by Crippen LogP contribution is -2.07. The molecule has 0 N–H and O–H groups in total. The maximum absolute atomic E-state index is 13.7. The van der Waals surface area contributed by atoms with Crippen molar-refractivity contribution in [1.82, 2.24) is 19.6 Å². The van der Waals surface area contributed by atoms with Gasteiger partial charge in [0, 0.05) is 23.0 Å². The number of fused-ring (bicyclic) bond motifs is 1. The van der Waals surface area contributed by atoms with Crippen LogP contribution >= 0.6 is 0 Å². The van der Waals surface area contributed by atoms with Crippen molar-refractivity contribution in [3.63, 3.8) is 0 Å². The zero-order valence-corrected chi connectivity index (χ0v) is 15.9. The summed E-state index contributed by atoms with van der Waals surface area (Å²) in [6.07, 6.45) is -4.32. The van der Waals surface area contributed by atoms with Crippen molar-refractivity contribution in [2.75, 3.05) is 0 Å². The van der Waals surface area contributed by atoms with E-state index in [9.17, 15) is 22.0 Å². The summed E-state index contributed by atoms with van der Waals surface area (Å²) in [5.41, 5.74) is 1.40. The zero-order chi connectivity index (χ0) is 21.6. The smallest absolute Gasteiger partial charge is 0.262 e. The number of nitrogens with zero attached hydrogens (tertiary/aromatic N) is 4. The third kappa shape index (κ3) is 3.51. The van der Waals surface area contributed by atoms with Crippen LogP contribution in [0.3, 0.4) is 0 Å². The summed E-state index contributed by atoms with van der Waals surface area (Å²) < 4.78 is 67.7. The highest BCUT2D eigenvalue weighted by atomic mass is 19.4. The van der Waals surface area contributed by atoms with Gasteiger partial charge in [-0.25, -0.2) is 18.3 Å². The molecule has 4 nitrogen and oxygen atoms in total. The molecule has 0 aliphatic heterocycles. The second kappa shape index (κ2) is 7.16. The highest BCUT2D eigenvalue weighted by Crippen LogP contribution is 2.35. The number of pyridine rings is 1. The van der Waals surface area contributed by atoms with Gasteiger partial charge in [0.25, 0.3) is 6.43 Å². The molecular formula is C21H15F5N4. The first kappa shape index (κ1) is 19.9. The van der Waals surface area contributed by atoms with Crippen LogP contribution in [-0.4, -0.2) is 19.6 Å². The van der Waals surface area contributed by atoms with Gasteiger partial charge < -0.3 is 0 Å². The van der Waals surface area contributed by atoms with E-state index in [1.54, 1.807) is 25.3 Å². The van der Waals surface area contributed by atoms with Gasteiger partial charge in [0.2, 0.25) is 0 Å². The van der Waals surface area contributed by atoms with Gasteiger partial charge in [-0.3, -0.25) is 4.98 Å². The predicted molar refractivity (Wildman–Crippen MR) is 101 cm³/mol. The Balaban J connectivity index is 1.93. The lowest BCUT2D eigenvalue weighted by Gasteiger charge is -2.13. The SMILES string of the molecule is Cc1cc(-c2cnn3c(C(F)F)cc(-c4ccc(C(F)(F)F)c(C)c4)nc23)ccn1. The van der Waals surface area contributed by atoms with Crippen LogP contribution in [0.4, 0.5) is 22.0 Å².